The van der Waals surface area contributed by atoms with Gasteiger partial charge in [-0.05, 0) is 42.0 Å². The summed E-state index contributed by atoms with van der Waals surface area (Å²) in [5.41, 5.74) is 2.20. The van der Waals surface area contributed by atoms with Crippen LogP contribution >= 0.6 is 23.4 Å². The summed E-state index contributed by atoms with van der Waals surface area (Å²) in [6.45, 7) is 0. The van der Waals surface area contributed by atoms with Crippen molar-refractivity contribution in [3.8, 4) is 17.2 Å². The number of hydrogen-bond donors (Lipinski definition) is 0. The van der Waals surface area contributed by atoms with E-state index in [0.29, 0.717) is 44.0 Å². The molecule has 0 aliphatic heterocycles. The zero-order valence-electron chi connectivity index (χ0n) is 16.5. The van der Waals surface area contributed by atoms with Crippen LogP contribution in [0.2, 0.25) is 5.02 Å². The van der Waals surface area contributed by atoms with Crippen molar-refractivity contribution in [2.45, 2.75) is 10.9 Å². The molecule has 0 aliphatic carbocycles. The highest BCUT2D eigenvalue weighted by Crippen LogP contribution is 2.31. The lowest BCUT2D eigenvalue weighted by Crippen LogP contribution is -2.22. The zero-order valence-corrected chi connectivity index (χ0v) is 18.0. The highest BCUT2D eigenvalue weighted by molar-refractivity contribution is 7.98. The molecule has 0 saturated carbocycles. The third-order valence-electron chi connectivity index (χ3n) is 4.65. The Hall–Kier alpha value is -2.96. The SMILES string of the molecule is COc1ccc(-n2c(SCc3ccc(Cl)cc3)nc3ccccc3c2=O)c(OC)c1. The van der Waals surface area contributed by atoms with Gasteiger partial charge in [0.15, 0.2) is 5.16 Å². The predicted molar refractivity (Wildman–Crippen MR) is 121 cm³/mol. The number of thioether (sulfide) groups is 1. The molecule has 0 unspecified atom stereocenters. The van der Waals surface area contributed by atoms with Gasteiger partial charge in [0.1, 0.15) is 11.5 Å². The molecule has 7 heteroatoms. The van der Waals surface area contributed by atoms with Crippen LogP contribution in [0.15, 0.2) is 76.7 Å². The smallest absolute Gasteiger partial charge is 0.266 e. The molecule has 5 nitrogen and oxygen atoms in total. The van der Waals surface area contributed by atoms with Crippen molar-refractivity contribution >= 4 is 34.3 Å². The van der Waals surface area contributed by atoms with Crippen LogP contribution in [0.25, 0.3) is 16.6 Å². The van der Waals surface area contributed by atoms with Crippen molar-refractivity contribution in [2.75, 3.05) is 14.2 Å². The Kier molecular flexibility index (Phi) is 5.97. The summed E-state index contributed by atoms with van der Waals surface area (Å²) in [4.78, 5) is 18.2. The van der Waals surface area contributed by atoms with E-state index in [1.54, 1.807) is 37.0 Å². The fourth-order valence-electron chi connectivity index (χ4n) is 3.12. The van der Waals surface area contributed by atoms with Crippen LogP contribution in [0.4, 0.5) is 0 Å². The minimum absolute atomic E-state index is 0.150. The Morgan fingerprint density at radius 2 is 1.77 bits per heavy atom. The minimum atomic E-state index is -0.150. The van der Waals surface area contributed by atoms with E-state index in [9.17, 15) is 4.79 Å². The number of halogens is 1. The number of rotatable bonds is 6. The topological polar surface area (TPSA) is 53.4 Å². The van der Waals surface area contributed by atoms with Crippen LogP contribution in [0.1, 0.15) is 5.56 Å². The highest BCUT2D eigenvalue weighted by Gasteiger charge is 2.17. The molecule has 1 aromatic heterocycles. The number of aromatic nitrogens is 2. The first-order valence-corrected chi connectivity index (χ1v) is 10.6. The number of hydrogen-bond acceptors (Lipinski definition) is 5. The third kappa shape index (κ3) is 4.01. The van der Waals surface area contributed by atoms with Crippen LogP contribution < -0.4 is 15.0 Å². The van der Waals surface area contributed by atoms with Gasteiger partial charge in [-0.25, -0.2) is 4.98 Å². The van der Waals surface area contributed by atoms with Crippen molar-refractivity contribution in [3.05, 3.63) is 87.7 Å². The first-order chi connectivity index (χ1) is 14.6. The molecule has 4 rings (SSSR count). The molecule has 0 spiro atoms. The van der Waals surface area contributed by atoms with Crippen LogP contribution in [0.5, 0.6) is 11.5 Å². The average Bonchev–Trinajstić information content (AvgIpc) is 2.78. The first kappa shape index (κ1) is 20.3. The summed E-state index contributed by atoms with van der Waals surface area (Å²) in [6, 6.07) is 20.3. The van der Waals surface area contributed by atoms with E-state index < -0.39 is 0 Å². The van der Waals surface area contributed by atoms with Gasteiger partial charge in [-0.1, -0.05) is 47.6 Å². The monoisotopic (exact) mass is 438 g/mol. The van der Waals surface area contributed by atoms with E-state index in [1.807, 2.05) is 48.5 Å². The van der Waals surface area contributed by atoms with Gasteiger partial charge in [0, 0.05) is 16.8 Å². The van der Waals surface area contributed by atoms with Gasteiger partial charge in [0.2, 0.25) is 0 Å². The van der Waals surface area contributed by atoms with Crippen molar-refractivity contribution in [1.82, 2.24) is 9.55 Å². The fraction of sp³-hybridized carbons (Fsp3) is 0.130. The second-order valence-corrected chi connectivity index (χ2v) is 7.88. The van der Waals surface area contributed by atoms with E-state index in [-0.39, 0.29) is 5.56 Å². The lowest BCUT2D eigenvalue weighted by Gasteiger charge is -2.16. The lowest BCUT2D eigenvalue weighted by atomic mass is 10.2. The fourth-order valence-corrected chi connectivity index (χ4v) is 4.21. The Morgan fingerprint density at radius 1 is 1.00 bits per heavy atom. The third-order valence-corrected chi connectivity index (χ3v) is 5.92. The quantitative estimate of drug-likeness (QED) is 0.300. The number of para-hydroxylation sites is 1. The van der Waals surface area contributed by atoms with Gasteiger partial charge in [0.25, 0.3) is 5.56 Å². The van der Waals surface area contributed by atoms with Crippen LogP contribution in [-0.2, 0) is 5.75 Å². The average molecular weight is 439 g/mol. The van der Waals surface area contributed by atoms with E-state index in [2.05, 4.69) is 0 Å². The lowest BCUT2D eigenvalue weighted by molar-refractivity contribution is 0.392. The number of ether oxygens (including phenoxy) is 2. The summed E-state index contributed by atoms with van der Waals surface area (Å²) < 4.78 is 12.4. The largest absolute Gasteiger partial charge is 0.497 e. The second kappa shape index (κ2) is 8.81. The molecule has 0 bridgehead atoms. The Balaban J connectivity index is 1.86. The van der Waals surface area contributed by atoms with E-state index in [0.717, 1.165) is 5.56 Å². The molecule has 0 saturated heterocycles. The number of fused-ring (bicyclic) bond motifs is 1. The molecule has 0 aliphatic rings. The molecular weight excluding hydrogens is 420 g/mol. The van der Waals surface area contributed by atoms with Crippen LogP contribution in [-0.4, -0.2) is 23.8 Å². The van der Waals surface area contributed by atoms with Gasteiger partial charge in [0.05, 0.1) is 30.8 Å². The molecule has 1 heterocycles. The molecular formula is C23H19ClN2O3S. The Bertz CT molecular complexity index is 1260. The molecule has 0 radical (unpaired) electrons. The number of benzene rings is 3. The first-order valence-electron chi connectivity index (χ1n) is 9.22. The molecule has 3 aromatic carbocycles. The Morgan fingerprint density at radius 3 is 2.50 bits per heavy atom. The van der Waals surface area contributed by atoms with Gasteiger partial charge >= 0.3 is 0 Å². The van der Waals surface area contributed by atoms with E-state index in [1.165, 1.54) is 11.8 Å². The van der Waals surface area contributed by atoms with Gasteiger partial charge in [-0.15, -0.1) is 0 Å². The molecule has 0 amide bonds. The zero-order chi connectivity index (χ0) is 21.1. The van der Waals surface area contributed by atoms with Crippen molar-refractivity contribution in [3.63, 3.8) is 0 Å². The molecule has 0 atom stereocenters. The van der Waals surface area contributed by atoms with Crippen molar-refractivity contribution in [2.24, 2.45) is 0 Å². The minimum Gasteiger partial charge on any atom is -0.497 e. The number of nitrogens with zero attached hydrogens (tertiary/aromatic N) is 2. The molecule has 0 fully saturated rings. The summed E-state index contributed by atoms with van der Waals surface area (Å²) in [5.74, 6) is 1.81. The Labute approximate surface area is 183 Å². The summed E-state index contributed by atoms with van der Waals surface area (Å²) >= 11 is 7.47. The highest BCUT2D eigenvalue weighted by atomic mass is 35.5. The molecule has 0 N–H and O–H groups in total. The molecule has 4 aromatic rings. The summed E-state index contributed by atoms with van der Waals surface area (Å²) in [5, 5.41) is 1.82. The maximum Gasteiger partial charge on any atom is 0.266 e. The van der Waals surface area contributed by atoms with Crippen molar-refractivity contribution in [1.29, 1.82) is 0 Å². The van der Waals surface area contributed by atoms with E-state index >= 15 is 0 Å². The van der Waals surface area contributed by atoms with Crippen LogP contribution in [0.3, 0.4) is 0 Å². The maximum atomic E-state index is 13.4. The summed E-state index contributed by atoms with van der Waals surface area (Å²) in [7, 11) is 3.16. The molecule has 152 valence electrons. The standard InChI is InChI=1S/C23H19ClN2O3S/c1-28-17-11-12-20(21(13-17)29-2)26-22(27)18-5-3-4-6-19(18)25-23(26)30-14-15-7-9-16(24)10-8-15/h3-13H,14H2,1-2H3. The maximum absolute atomic E-state index is 13.4. The van der Waals surface area contributed by atoms with E-state index in [4.69, 9.17) is 26.1 Å². The van der Waals surface area contributed by atoms with Crippen LogP contribution in [0, 0.1) is 0 Å². The predicted octanol–water partition coefficient (Wildman–Crippen LogP) is 5.35. The summed E-state index contributed by atoms with van der Waals surface area (Å²) in [6.07, 6.45) is 0. The van der Waals surface area contributed by atoms with Crippen molar-refractivity contribution < 1.29 is 9.47 Å². The molecule has 30 heavy (non-hydrogen) atoms. The normalized spacial score (nSPS) is 10.9. The number of methoxy groups -OCH3 is 2. The van der Waals surface area contributed by atoms with Gasteiger partial charge in [-0.2, -0.15) is 0 Å². The van der Waals surface area contributed by atoms with Gasteiger partial charge < -0.3 is 9.47 Å². The van der Waals surface area contributed by atoms with Gasteiger partial charge in [-0.3, -0.25) is 9.36 Å². The second-order valence-electron chi connectivity index (χ2n) is 6.51.